The molecule has 0 aliphatic rings. The van der Waals surface area contributed by atoms with Gasteiger partial charge in [0, 0.05) is 18.7 Å². The molecule has 3 nitrogen and oxygen atoms in total. The molecule has 0 aliphatic heterocycles. The largest absolute Gasteiger partial charge is 0.388 e. The van der Waals surface area contributed by atoms with Crippen molar-refractivity contribution in [2.75, 3.05) is 0 Å². The van der Waals surface area contributed by atoms with Gasteiger partial charge < -0.3 is 5.11 Å². The van der Waals surface area contributed by atoms with Crippen molar-refractivity contribution in [2.24, 2.45) is 0 Å². The molecule has 1 N–H and O–H groups in total. The molecule has 1 heterocycles. The Balaban J connectivity index is 2.11. The fourth-order valence-corrected chi connectivity index (χ4v) is 1.91. The zero-order valence-electron chi connectivity index (χ0n) is 11.5. The Morgan fingerprint density at radius 2 is 2.05 bits per heavy atom. The van der Waals surface area contributed by atoms with E-state index in [4.69, 9.17) is 0 Å². The van der Waals surface area contributed by atoms with Gasteiger partial charge in [-0.1, -0.05) is 12.1 Å². The Kier molecular flexibility index (Phi) is 4.00. The summed E-state index contributed by atoms with van der Waals surface area (Å²) in [5.74, 6) is -0.288. The van der Waals surface area contributed by atoms with Crippen LogP contribution in [-0.4, -0.2) is 14.9 Å². The van der Waals surface area contributed by atoms with Gasteiger partial charge in [-0.05, 0) is 44.0 Å². The summed E-state index contributed by atoms with van der Waals surface area (Å²) >= 11 is 0. The lowest BCUT2D eigenvalue weighted by molar-refractivity contribution is 0.176. The molecule has 1 aromatic carbocycles. The summed E-state index contributed by atoms with van der Waals surface area (Å²) < 4.78 is 15.3. The van der Waals surface area contributed by atoms with E-state index < -0.39 is 6.10 Å². The Hall–Kier alpha value is -1.68. The highest BCUT2D eigenvalue weighted by molar-refractivity contribution is 5.25. The normalized spacial score (nSPS) is 12.9. The van der Waals surface area contributed by atoms with Crippen LogP contribution in [0.15, 0.2) is 30.5 Å². The highest BCUT2D eigenvalue weighted by Gasteiger charge is 2.12. The minimum atomic E-state index is -0.731. The fourth-order valence-electron chi connectivity index (χ4n) is 1.91. The van der Waals surface area contributed by atoms with Gasteiger partial charge in [-0.2, -0.15) is 5.10 Å². The van der Waals surface area contributed by atoms with Crippen molar-refractivity contribution in [3.8, 4) is 0 Å². The van der Waals surface area contributed by atoms with Crippen LogP contribution in [0, 0.1) is 12.7 Å². The number of aliphatic hydroxyl groups is 1. The van der Waals surface area contributed by atoms with E-state index in [2.05, 4.69) is 5.10 Å². The average Bonchev–Trinajstić information content (AvgIpc) is 2.81. The Labute approximate surface area is 112 Å². The van der Waals surface area contributed by atoms with Crippen molar-refractivity contribution < 1.29 is 9.50 Å². The number of halogens is 1. The number of aliphatic hydroxyl groups excluding tert-OH is 1. The van der Waals surface area contributed by atoms with E-state index in [0.717, 1.165) is 5.69 Å². The second-order valence-corrected chi connectivity index (χ2v) is 5.11. The highest BCUT2D eigenvalue weighted by Crippen LogP contribution is 2.20. The van der Waals surface area contributed by atoms with Gasteiger partial charge in [0.05, 0.1) is 11.8 Å². The molecule has 2 aromatic rings. The molecule has 0 fully saturated rings. The van der Waals surface area contributed by atoms with Crippen LogP contribution in [0.2, 0.25) is 0 Å². The van der Waals surface area contributed by atoms with Crippen LogP contribution in [0.3, 0.4) is 0 Å². The summed E-state index contributed by atoms with van der Waals surface area (Å²) in [7, 11) is 0. The second kappa shape index (κ2) is 5.53. The molecular formula is C15H19FN2O. The molecule has 0 radical (unpaired) electrons. The lowest BCUT2D eigenvalue weighted by Gasteiger charge is -2.10. The maximum Gasteiger partial charge on any atom is 0.126 e. The summed E-state index contributed by atoms with van der Waals surface area (Å²) in [5, 5.41) is 14.5. The Morgan fingerprint density at radius 1 is 1.32 bits per heavy atom. The average molecular weight is 262 g/mol. The summed E-state index contributed by atoms with van der Waals surface area (Å²) in [5.41, 5.74) is 1.98. The molecule has 102 valence electrons. The molecule has 2 rings (SSSR count). The number of benzene rings is 1. The standard InChI is InChI=1S/C15H19FN2O/c1-10(2)18-7-6-13(17-18)9-15(19)12-5-4-11(3)14(16)8-12/h4-8,10,15,19H,9H2,1-3H3. The topological polar surface area (TPSA) is 38.0 Å². The summed E-state index contributed by atoms with van der Waals surface area (Å²) in [6, 6.07) is 7.00. The van der Waals surface area contributed by atoms with Gasteiger partial charge >= 0.3 is 0 Å². The molecule has 0 amide bonds. The minimum Gasteiger partial charge on any atom is -0.388 e. The van der Waals surface area contributed by atoms with Crippen molar-refractivity contribution in [1.82, 2.24) is 9.78 Å². The number of aromatic nitrogens is 2. The Morgan fingerprint density at radius 3 is 2.63 bits per heavy atom. The molecule has 19 heavy (non-hydrogen) atoms. The summed E-state index contributed by atoms with van der Waals surface area (Å²) in [4.78, 5) is 0. The van der Waals surface area contributed by atoms with Crippen LogP contribution in [0.1, 0.15) is 42.8 Å². The van der Waals surface area contributed by atoms with Crippen LogP contribution in [-0.2, 0) is 6.42 Å². The predicted octanol–water partition coefficient (Wildman–Crippen LogP) is 3.19. The zero-order valence-corrected chi connectivity index (χ0v) is 11.5. The first-order chi connectivity index (χ1) is 8.97. The quantitative estimate of drug-likeness (QED) is 0.919. The number of hydrogen-bond donors (Lipinski definition) is 1. The SMILES string of the molecule is Cc1ccc(C(O)Cc2ccn(C(C)C)n2)cc1F. The van der Waals surface area contributed by atoms with Gasteiger partial charge in [0.15, 0.2) is 0 Å². The number of nitrogens with zero attached hydrogens (tertiary/aromatic N) is 2. The molecule has 0 bridgehead atoms. The lowest BCUT2D eigenvalue weighted by Crippen LogP contribution is -2.06. The number of rotatable bonds is 4. The fraction of sp³-hybridized carbons (Fsp3) is 0.400. The molecule has 4 heteroatoms. The van der Waals surface area contributed by atoms with E-state index in [1.165, 1.54) is 6.07 Å². The van der Waals surface area contributed by atoms with E-state index in [9.17, 15) is 9.50 Å². The highest BCUT2D eigenvalue weighted by atomic mass is 19.1. The first-order valence-corrected chi connectivity index (χ1v) is 6.45. The monoisotopic (exact) mass is 262 g/mol. The smallest absolute Gasteiger partial charge is 0.126 e. The number of hydrogen-bond acceptors (Lipinski definition) is 2. The van der Waals surface area contributed by atoms with Crippen molar-refractivity contribution in [3.05, 3.63) is 53.1 Å². The van der Waals surface area contributed by atoms with Crippen molar-refractivity contribution in [1.29, 1.82) is 0 Å². The molecule has 1 atom stereocenters. The van der Waals surface area contributed by atoms with Crippen LogP contribution in [0.4, 0.5) is 4.39 Å². The molecule has 0 spiro atoms. The Bertz CT molecular complexity index is 563. The van der Waals surface area contributed by atoms with Crippen LogP contribution >= 0.6 is 0 Å². The van der Waals surface area contributed by atoms with E-state index >= 15 is 0 Å². The third-order valence-electron chi connectivity index (χ3n) is 3.18. The van der Waals surface area contributed by atoms with Gasteiger partial charge in [0.2, 0.25) is 0 Å². The van der Waals surface area contributed by atoms with Gasteiger partial charge in [0.25, 0.3) is 0 Å². The number of aryl methyl sites for hydroxylation is 1. The third-order valence-corrected chi connectivity index (χ3v) is 3.18. The van der Waals surface area contributed by atoms with Crippen molar-refractivity contribution in [3.63, 3.8) is 0 Å². The van der Waals surface area contributed by atoms with Gasteiger partial charge in [-0.25, -0.2) is 4.39 Å². The first-order valence-electron chi connectivity index (χ1n) is 6.45. The van der Waals surface area contributed by atoms with Crippen molar-refractivity contribution in [2.45, 2.75) is 39.3 Å². The maximum atomic E-state index is 13.5. The zero-order chi connectivity index (χ0) is 14.0. The lowest BCUT2D eigenvalue weighted by atomic mass is 10.0. The van der Waals surface area contributed by atoms with Crippen molar-refractivity contribution >= 4 is 0 Å². The van der Waals surface area contributed by atoms with Crippen LogP contribution < -0.4 is 0 Å². The first kappa shape index (κ1) is 13.7. The van der Waals surface area contributed by atoms with E-state index in [-0.39, 0.29) is 5.82 Å². The molecule has 1 aromatic heterocycles. The van der Waals surface area contributed by atoms with E-state index in [1.54, 1.807) is 19.1 Å². The van der Waals surface area contributed by atoms with E-state index in [1.807, 2.05) is 30.8 Å². The van der Waals surface area contributed by atoms with E-state index in [0.29, 0.717) is 23.6 Å². The molecule has 0 saturated carbocycles. The molecule has 1 unspecified atom stereocenters. The molecular weight excluding hydrogens is 243 g/mol. The van der Waals surface area contributed by atoms with Crippen LogP contribution in [0.5, 0.6) is 0 Å². The predicted molar refractivity (Wildman–Crippen MR) is 72.4 cm³/mol. The second-order valence-electron chi connectivity index (χ2n) is 5.11. The third kappa shape index (κ3) is 3.20. The minimum absolute atomic E-state index is 0.288. The van der Waals surface area contributed by atoms with Gasteiger partial charge in [-0.15, -0.1) is 0 Å². The summed E-state index contributed by atoms with van der Waals surface area (Å²) in [6.07, 6.45) is 1.55. The molecule has 0 saturated heterocycles. The van der Waals surface area contributed by atoms with Gasteiger partial charge in [-0.3, -0.25) is 4.68 Å². The molecule has 0 aliphatic carbocycles. The van der Waals surface area contributed by atoms with Gasteiger partial charge in [0.1, 0.15) is 5.82 Å². The van der Waals surface area contributed by atoms with Crippen LogP contribution in [0.25, 0.3) is 0 Å². The maximum absolute atomic E-state index is 13.5. The summed E-state index contributed by atoms with van der Waals surface area (Å²) in [6.45, 7) is 5.79.